The van der Waals surface area contributed by atoms with Crippen LogP contribution in [-0.2, 0) is 0 Å². The van der Waals surface area contributed by atoms with Crippen molar-refractivity contribution in [2.45, 2.75) is 13.1 Å². The van der Waals surface area contributed by atoms with E-state index in [0.29, 0.717) is 5.69 Å². The van der Waals surface area contributed by atoms with Gasteiger partial charge in [0.15, 0.2) is 5.15 Å². The van der Waals surface area contributed by atoms with Crippen molar-refractivity contribution in [1.82, 2.24) is 10.2 Å². The maximum atomic E-state index is 12.2. The monoisotopic (exact) mass is 239 g/mol. The van der Waals surface area contributed by atoms with Crippen LogP contribution in [0.2, 0.25) is 5.15 Å². The Balaban J connectivity index is 2.83. The van der Waals surface area contributed by atoms with E-state index in [1.54, 1.807) is 6.92 Å². The van der Waals surface area contributed by atoms with Crippen molar-refractivity contribution in [2.24, 2.45) is 0 Å². The van der Waals surface area contributed by atoms with E-state index in [0.717, 1.165) is 4.90 Å². The predicted octanol–water partition coefficient (Wildman–Crippen LogP) is 2.52. The number of nitrogens with zero attached hydrogens (tertiary/aromatic N) is 3. The molecule has 0 aliphatic carbocycles. The fraction of sp³-hybridized carbons (Fsp3) is 0.500. The molecule has 0 unspecified atom stereocenters. The minimum Gasteiger partial charge on any atom is -0.361 e. The molecule has 0 saturated carbocycles. The zero-order chi connectivity index (χ0) is 11.5. The molecule has 0 bridgehead atoms. The molecule has 84 valence electrons. The summed E-state index contributed by atoms with van der Waals surface area (Å²) in [5, 5.41) is 7.03. The topological polar surface area (TPSA) is 29.0 Å². The van der Waals surface area contributed by atoms with Gasteiger partial charge in [-0.15, -0.1) is 5.10 Å². The minimum atomic E-state index is -4.24. The molecule has 0 N–H and O–H groups in total. The first-order chi connectivity index (χ1) is 6.92. The largest absolute Gasteiger partial charge is 0.405 e. The normalized spacial score (nSPS) is 11.5. The maximum absolute atomic E-state index is 12.2. The molecule has 1 rings (SSSR count). The average Bonchev–Trinajstić information content (AvgIpc) is 2.13. The van der Waals surface area contributed by atoms with Crippen molar-refractivity contribution < 1.29 is 13.2 Å². The first-order valence-corrected chi connectivity index (χ1v) is 4.60. The van der Waals surface area contributed by atoms with Crippen LogP contribution in [0, 0.1) is 0 Å². The van der Waals surface area contributed by atoms with Crippen molar-refractivity contribution in [1.29, 1.82) is 0 Å². The summed E-state index contributed by atoms with van der Waals surface area (Å²) >= 11 is 5.54. The number of alkyl halides is 3. The van der Waals surface area contributed by atoms with Crippen LogP contribution in [0.1, 0.15) is 6.92 Å². The molecule has 15 heavy (non-hydrogen) atoms. The Hall–Kier alpha value is -1.04. The van der Waals surface area contributed by atoms with Gasteiger partial charge in [0.1, 0.15) is 6.54 Å². The molecule has 0 saturated heterocycles. The number of rotatable bonds is 3. The fourth-order valence-corrected chi connectivity index (χ4v) is 1.26. The Labute approximate surface area is 89.9 Å². The van der Waals surface area contributed by atoms with Crippen molar-refractivity contribution >= 4 is 17.3 Å². The summed E-state index contributed by atoms with van der Waals surface area (Å²) in [6.45, 7) is 0.827. The minimum absolute atomic E-state index is 0.0770. The summed E-state index contributed by atoms with van der Waals surface area (Å²) < 4.78 is 36.5. The molecule has 1 aromatic heterocycles. The lowest BCUT2D eigenvalue weighted by atomic mass is 10.4. The van der Waals surface area contributed by atoms with Gasteiger partial charge in [-0.1, -0.05) is 11.6 Å². The molecule has 7 heteroatoms. The highest BCUT2D eigenvalue weighted by atomic mass is 35.5. The van der Waals surface area contributed by atoms with Gasteiger partial charge in [-0.25, -0.2) is 0 Å². The Kier molecular flexibility index (Phi) is 3.73. The molecule has 0 aromatic carbocycles. The molecule has 0 spiro atoms. The maximum Gasteiger partial charge on any atom is 0.405 e. The van der Waals surface area contributed by atoms with E-state index in [9.17, 15) is 13.2 Å². The molecule has 3 nitrogen and oxygen atoms in total. The molecule has 0 radical (unpaired) electrons. The molecule has 0 aliphatic rings. The SMILES string of the molecule is CCN(CC(F)(F)F)c1cnnc(Cl)c1. The van der Waals surface area contributed by atoms with Gasteiger partial charge in [0, 0.05) is 12.6 Å². The first kappa shape index (κ1) is 12.0. The van der Waals surface area contributed by atoms with Crippen LogP contribution in [0.4, 0.5) is 18.9 Å². The van der Waals surface area contributed by atoms with Crippen molar-refractivity contribution in [2.75, 3.05) is 18.0 Å². The van der Waals surface area contributed by atoms with Gasteiger partial charge < -0.3 is 4.90 Å². The lowest BCUT2D eigenvalue weighted by Crippen LogP contribution is -2.34. The van der Waals surface area contributed by atoms with E-state index in [-0.39, 0.29) is 11.7 Å². The molecular weight excluding hydrogens is 231 g/mol. The number of aromatic nitrogens is 2. The summed E-state index contributed by atoms with van der Waals surface area (Å²) in [7, 11) is 0. The molecule has 0 amide bonds. The van der Waals surface area contributed by atoms with E-state index >= 15 is 0 Å². The van der Waals surface area contributed by atoms with Gasteiger partial charge in [-0.3, -0.25) is 0 Å². The summed E-state index contributed by atoms with van der Waals surface area (Å²) in [5.74, 6) is 0. The van der Waals surface area contributed by atoms with Crippen molar-refractivity contribution in [3.8, 4) is 0 Å². The predicted molar refractivity (Wildman–Crippen MR) is 51.0 cm³/mol. The highest BCUT2D eigenvalue weighted by molar-refractivity contribution is 6.29. The first-order valence-electron chi connectivity index (χ1n) is 4.22. The van der Waals surface area contributed by atoms with Crippen molar-refractivity contribution in [3.63, 3.8) is 0 Å². The van der Waals surface area contributed by atoms with Crippen molar-refractivity contribution in [3.05, 3.63) is 17.4 Å². The van der Waals surface area contributed by atoms with Crippen LogP contribution in [0.3, 0.4) is 0 Å². The Morgan fingerprint density at radius 3 is 2.60 bits per heavy atom. The van der Waals surface area contributed by atoms with Gasteiger partial charge in [-0.2, -0.15) is 18.3 Å². The number of hydrogen-bond donors (Lipinski definition) is 0. The Bertz CT molecular complexity index is 329. The van der Waals surface area contributed by atoms with Gasteiger partial charge in [-0.05, 0) is 6.92 Å². The zero-order valence-electron chi connectivity index (χ0n) is 7.92. The summed E-state index contributed by atoms with van der Waals surface area (Å²) in [6, 6.07) is 1.35. The van der Waals surface area contributed by atoms with Gasteiger partial charge in [0.25, 0.3) is 0 Å². The van der Waals surface area contributed by atoms with Crippen LogP contribution >= 0.6 is 11.6 Å². The molecule has 1 aromatic rings. The van der Waals surface area contributed by atoms with Crippen LogP contribution in [-0.4, -0.2) is 29.5 Å². The quantitative estimate of drug-likeness (QED) is 0.812. The Morgan fingerprint density at radius 1 is 1.47 bits per heavy atom. The molecule has 1 heterocycles. The van der Waals surface area contributed by atoms with Gasteiger partial charge in [0.2, 0.25) is 0 Å². The second-order valence-electron chi connectivity index (χ2n) is 2.87. The van der Waals surface area contributed by atoms with E-state index < -0.39 is 12.7 Å². The summed E-state index contributed by atoms with van der Waals surface area (Å²) in [4.78, 5) is 1.13. The van der Waals surface area contributed by atoms with Crippen LogP contribution in [0.25, 0.3) is 0 Å². The van der Waals surface area contributed by atoms with Crippen LogP contribution in [0.5, 0.6) is 0 Å². The van der Waals surface area contributed by atoms with E-state index in [1.807, 2.05) is 0 Å². The van der Waals surface area contributed by atoms with Gasteiger partial charge >= 0.3 is 6.18 Å². The third kappa shape index (κ3) is 3.91. The zero-order valence-corrected chi connectivity index (χ0v) is 8.68. The second kappa shape index (κ2) is 4.65. The third-order valence-electron chi connectivity index (χ3n) is 1.73. The summed E-state index contributed by atoms with van der Waals surface area (Å²) in [6.07, 6.45) is -2.99. The second-order valence-corrected chi connectivity index (χ2v) is 3.25. The summed E-state index contributed by atoms with van der Waals surface area (Å²) in [5.41, 5.74) is 0.315. The highest BCUT2D eigenvalue weighted by Crippen LogP contribution is 2.22. The number of halogens is 4. The molecular formula is C8H9ClF3N3. The van der Waals surface area contributed by atoms with E-state index in [1.165, 1.54) is 12.3 Å². The molecule has 0 atom stereocenters. The number of hydrogen-bond acceptors (Lipinski definition) is 3. The standard InChI is InChI=1S/C8H9ClF3N3/c1-2-15(5-8(10,11)12)6-3-7(9)14-13-4-6/h3-4H,2,5H2,1H3. The number of anilines is 1. The highest BCUT2D eigenvalue weighted by Gasteiger charge is 2.30. The Morgan fingerprint density at radius 2 is 2.13 bits per heavy atom. The van der Waals surface area contributed by atoms with Crippen LogP contribution < -0.4 is 4.90 Å². The van der Waals surface area contributed by atoms with E-state index in [2.05, 4.69) is 10.2 Å². The third-order valence-corrected chi connectivity index (χ3v) is 1.91. The molecule has 0 aliphatic heterocycles. The average molecular weight is 240 g/mol. The lowest BCUT2D eigenvalue weighted by molar-refractivity contribution is -0.119. The van der Waals surface area contributed by atoms with E-state index in [4.69, 9.17) is 11.6 Å². The molecule has 0 fully saturated rings. The fourth-order valence-electron chi connectivity index (χ4n) is 1.11. The van der Waals surface area contributed by atoms with Crippen LogP contribution in [0.15, 0.2) is 12.3 Å². The lowest BCUT2D eigenvalue weighted by Gasteiger charge is -2.23. The van der Waals surface area contributed by atoms with Gasteiger partial charge in [0.05, 0.1) is 11.9 Å². The smallest absolute Gasteiger partial charge is 0.361 e.